The van der Waals surface area contributed by atoms with E-state index in [0.717, 1.165) is 32.1 Å². The normalized spacial score (nSPS) is 31.7. The fourth-order valence-corrected chi connectivity index (χ4v) is 3.73. The molecule has 0 spiro atoms. The molecule has 4 aliphatic rings. The van der Waals surface area contributed by atoms with Gasteiger partial charge in [-0.15, -0.1) is 0 Å². The van der Waals surface area contributed by atoms with Crippen LogP contribution in [0.5, 0.6) is 0 Å². The van der Waals surface area contributed by atoms with Crippen molar-refractivity contribution in [2.45, 2.75) is 18.9 Å². The van der Waals surface area contributed by atoms with Gasteiger partial charge in [-0.25, -0.2) is 18.1 Å². The second-order valence-electron chi connectivity index (χ2n) is 6.03. The first-order valence-corrected chi connectivity index (χ1v) is 7.34. The Morgan fingerprint density at radius 2 is 2.37 bits per heavy atom. The highest BCUT2D eigenvalue weighted by atomic mass is 16.5. The molecule has 1 aliphatic carbocycles. The molecule has 3 saturated heterocycles. The summed E-state index contributed by atoms with van der Waals surface area (Å²) >= 11 is 0. The van der Waals surface area contributed by atoms with Crippen LogP contribution >= 0.6 is 0 Å². The Bertz CT molecular complexity index is 453. The van der Waals surface area contributed by atoms with Crippen LogP contribution in [0.15, 0.2) is 23.3 Å². The van der Waals surface area contributed by atoms with Crippen LogP contribution < -0.4 is 0 Å². The van der Waals surface area contributed by atoms with E-state index in [1.165, 1.54) is 25.6 Å². The van der Waals surface area contributed by atoms with Crippen molar-refractivity contribution in [3.05, 3.63) is 35.8 Å². The number of rotatable bonds is 2. The molecule has 19 heavy (non-hydrogen) atoms. The standard InChI is InChI=1S/C16H21N2O/c1-17-7-5-15-14(3-2-4-16(15)17)12-9-18(10-12)13-6-8-19-11-13/h2-4,12-13H,1,5-11H2/q-1. The molecule has 1 atom stereocenters. The van der Waals surface area contributed by atoms with Crippen molar-refractivity contribution in [1.29, 1.82) is 0 Å². The first-order chi connectivity index (χ1) is 9.33. The van der Waals surface area contributed by atoms with Crippen LogP contribution in [0.4, 0.5) is 0 Å². The van der Waals surface area contributed by atoms with Gasteiger partial charge in [0.15, 0.2) is 0 Å². The molecule has 3 heterocycles. The number of nitrogens with zero attached hydrogens (tertiary/aromatic N) is 2. The third kappa shape index (κ3) is 1.84. The van der Waals surface area contributed by atoms with Crippen molar-refractivity contribution in [3.8, 4) is 0 Å². The summed E-state index contributed by atoms with van der Waals surface area (Å²) in [5.41, 5.74) is 3.11. The van der Waals surface area contributed by atoms with Gasteiger partial charge in [0.25, 0.3) is 0 Å². The molecule has 3 aliphatic heterocycles. The number of likely N-dealkylation sites (tertiary alicyclic amines) is 1. The van der Waals surface area contributed by atoms with E-state index in [4.69, 9.17) is 4.74 Å². The first kappa shape index (κ1) is 11.6. The lowest BCUT2D eigenvalue weighted by molar-refractivity contribution is -0.475. The Labute approximate surface area is 115 Å². The fourth-order valence-electron chi connectivity index (χ4n) is 3.73. The number of hydrogen-bond donors (Lipinski definition) is 0. The Morgan fingerprint density at radius 1 is 1.47 bits per heavy atom. The summed E-state index contributed by atoms with van der Waals surface area (Å²) in [6.07, 6.45) is 9.11. The molecule has 0 aromatic heterocycles. The van der Waals surface area contributed by atoms with Crippen LogP contribution in [0.3, 0.4) is 0 Å². The van der Waals surface area contributed by atoms with Gasteiger partial charge >= 0.3 is 0 Å². The van der Waals surface area contributed by atoms with E-state index in [0.29, 0.717) is 6.04 Å². The van der Waals surface area contributed by atoms with Crippen molar-refractivity contribution >= 4 is 6.72 Å². The molecule has 0 aromatic carbocycles. The minimum absolute atomic E-state index is 0.678. The van der Waals surface area contributed by atoms with E-state index in [9.17, 15) is 0 Å². The lowest BCUT2D eigenvalue weighted by Gasteiger charge is -2.49. The van der Waals surface area contributed by atoms with Crippen LogP contribution in [0.25, 0.3) is 0 Å². The Hall–Kier alpha value is -1.19. The van der Waals surface area contributed by atoms with Crippen LogP contribution in [0, 0.1) is 18.4 Å². The molecule has 0 amide bonds. The second-order valence-corrected chi connectivity index (χ2v) is 6.03. The smallest absolute Gasteiger partial charge is 0.121 e. The third-order valence-corrected chi connectivity index (χ3v) is 4.93. The summed E-state index contributed by atoms with van der Waals surface area (Å²) in [5.74, 6) is 0.724. The van der Waals surface area contributed by atoms with Gasteiger partial charge in [-0.3, -0.25) is 4.90 Å². The summed E-state index contributed by atoms with van der Waals surface area (Å²) in [5, 5.41) is 0. The lowest BCUT2D eigenvalue weighted by Crippen LogP contribution is -2.53. The van der Waals surface area contributed by atoms with Gasteiger partial charge < -0.3 is 9.31 Å². The first-order valence-electron chi connectivity index (χ1n) is 7.34. The maximum atomic E-state index is 5.49. The molecule has 102 valence electrons. The van der Waals surface area contributed by atoms with Crippen molar-refractivity contribution in [3.63, 3.8) is 0 Å². The number of hydrogen-bond acceptors (Lipinski definition) is 2. The average molecular weight is 257 g/mol. The summed E-state index contributed by atoms with van der Waals surface area (Å²) in [7, 11) is 0. The molecule has 0 saturated carbocycles. The van der Waals surface area contributed by atoms with Gasteiger partial charge in [-0.1, -0.05) is 0 Å². The van der Waals surface area contributed by atoms with Gasteiger partial charge in [0.2, 0.25) is 0 Å². The average Bonchev–Trinajstić information content (AvgIpc) is 2.99. The van der Waals surface area contributed by atoms with E-state index in [1.54, 1.807) is 11.1 Å². The Morgan fingerprint density at radius 3 is 3.16 bits per heavy atom. The number of allylic oxidation sites excluding steroid dienone is 1. The monoisotopic (exact) mass is 257 g/mol. The highest BCUT2D eigenvalue weighted by Gasteiger charge is 2.34. The summed E-state index contributed by atoms with van der Waals surface area (Å²) in [6, 6.07) is 2.03. The van der Waals surface area contributed by atoms with Gasteiger partial charge in [-0.05, 0) is 31.8 Å². The minimum Gasteiger partial charge on any atom is -0.380 e. The summed E-state index contributed by atoms with van der Waals surface area (Å²) in [6.45, 7) is 9.48. The van der Waals surface area contributed by atoms with Gasteiger partial charge in [0.1, 0.15) is 6.54 Å². The second kappa shape index (κ2) is 4.43. The molecule has 1 unspecified atom stereocenters. The SMILES string of the molecule is C=[N+]1CCC2=C(C3CN(C4CCOC4)C3)[CH-]C=C[C-]21. The van der Waals surface area contributed by atoms with Crippen molar-refractivity contribution in [2.75, 3.05) is 32.8 Å². The number of fused-ring (bicyclic) bond motifs is 1. The van der Waals surface area contributed by atoms with Gasteiger partial charge in [0.05, 0.1) is 13.3 Å². The Kier molecular flexibility index (Phi) is 2.71. The molecule has 3 fully saturated rings. The topological polar surface area (TPSA) is 15.5 Å². The quantitative estimate of drug-likeness (QED) is 0.549. The van der Waals surface area contributed by atoms with Crippen molar-refractivity contribution < 1.29 is 9.31 Å². The largest absolute Gasteiger partial charge is 0.380 e. The molecule has 0 aromatic rings. The molecular formula is C16H21N2O-. The van der Waals surface area contributed by atoms with Crippen LogP contribution in [-0.2, 0) is 4.74 Å². The predicted molar refractivity (Wildman–Crippen MR) is 74.9 cm³/mol. The summed E-state index contributed by atoms with van der Waals surface area (Å²) < 4.78 is 7.63. The molecule has 0 N–H and O–H groups in total. The molecule has 0 bridgehead atoms. The van der Waals surface area contributed by atoms with E-state index in [-0.39, 0.29) is 0 Å². The molecular weight excluding hydrogens is 236 g/mol. The van der Waals surface area contributed by atoms with E-state index in [2.05, 4.69) is 34.8 Å². The zero-order chi connectivity index (χ0) is 12.8. The van der Waals surface area contributed by atoms with Crippen LogP contribution in [0.2, 0.25) is 0 Å². The maximum absolute atomic E-state index is 5.49. The zero-order valence-electron chi connectivity index (χ0n) is 11.3. The molecule has 3 nitrogen and oxygen atoms in total. The summed E-state index contributed by atoms with van der Waals surface area (Å²) in [4.78, 5) is 2.59. The van der Waals surface area contributed by atoms with E-state index in [1.807, 2.05) is 0 Å². The molecule has 0 radical (unpaired) electrons. The predicted octanol–water partition coefficient (Wildman–Crippen LogP) is 1.43. The maximum Gasteiger partial charge on any atom is 0.121 e. The fraction of sp³-hybridized carbons (Fsp3) is 0.562. The van der Waals surface area contributed by atoms with Crippen LogP contribution in [0.1, 0.15) is 12.8 Å². The van der Waals surface area contributed by atoms with Crippen LogP contribution in [-0.4, -0.2) is 55.1 Å². The van der Waals surface area contributed by atoms with Gasteiger partial charge in [-0.2, -0.15) is 11.6 Å². The van der Waals surface area contributed by atoms with Crippen molar-refractivity contribution in [2.24, 2.45) is 5.92 Å². The van der Waals surface area contributed by atoms with E-state index < -0.39 is 0 Å². The molecule has 3 heteroatoms. The van der Waals surface area contributed by atoms with E-state index >= 15 is 0 Å². The molecule has 4 rings (SSSR count). The highest BCUT2D eigenvalue weighted by Crippen LogP contribution is 2.40. The lowest BCUT2D eigenvalue weighted by atomic mass is 9.80. The van der Waals surface area contributed by atoms with Crippen molar-refractivity contribution in [1.82, 2.24) is 4.90 Å². The van der Waals surface area contributed by atoms with Gasteiger partial charge in [0, 0.05) is 18.7 Å². The highest BCUT2D eigenvalue weighted by molar-refractivity contribution is 5.48. The minimum atomic E-state index is 0.678. The number of ether oxygens (including phenoxy) is 1. The third-order valence-electron chi connectivity index (χ3n) is 4.93. The Balaban J connectivity index is 1.46. The zero-order valence-corrected chi connectivity index (χ0v) is 11.3.